The van der Waals surface area contributed by atoms with E-state index in [1.807, 2.05) is 6.92 Å². The van der Waals surface area contributed by atoms with Gasteiger partial charge in [0.1, 0.15) is 18.3 Å². The molecule has 0 fully saturated rings. The molecule has 0 aliphatic heterocycles. The zero-order valence-electron chi connectivity index (χ0n) is 22.1. The van der Waals surface area contributed by atoms with Crippen molar-refractivity contribution in [3.05, 3.63) is 87.9 Å². The third-order valence-corrected chi connectivity index (χ3v) is 8.61. The number of halogens is 2. The lowest BCUT2D eigenvalue weighted by molar-refractivity contribution is -0.139. The number of likely N-dealkylation sites (N-methyl/N-ethyl adjacent to an activating group) is 1. The molecular formula is C28H31Cl2N3O5S. The van der Waals surface area contributed by atoms with Crippen molar-refractivity contribution in [1.29, 1.82) is 0 Å². The van der Waals surface area contributed by atoms with Gasteiger partial charge in [-0.2, -0.15) is 0 Å². The lowest BCUT2D eigenvalue weighted by atomic mass is 10.1. The highest BCUT2D eigenvalue weighted by Gasteiger charge is 2.33. The number of hydrogen-bond acceptors (Lipinski definition) is 5. The van der Waals surface area contributed by atoms with E-state index in [0.717, 1.165) is 9.87 Å². The number of anilines is 1. The number of nitrogens with one attached hydrogen (secondary N) is 1. The van der Waals surface area contributed by atoms with Crippen LogP contribution in [0.2, 0.25) is 10.0 Å². The first-order valence-electron chi connectivity index (χ1n) is 12.2. The van der Waals surface area contributed by atoms with Crippen molar-refractivity contribution >= 4 is 50.7 Å². The second kappa shape index (κ2) is 13.2. The summed E-state index contributed by atoms with van der Waals surface area (Å²) in [6.45, 7) is 4.99. The van der Waals surface area contributed by atoms with E-state index < -0.39 is 28.5 Å². The molecule has 0 saturated heterocycles. The van der Waals surface area contributed by atoms with Crippen LogP contribution in [0.5, 0.6) is 5.75 Å². The number of nitrogens with zero attached hydrogens (tertiary/aromatic N) is 2. The van der Waals surface area contributed by atoms with Crippen molar-refractivity contribution in [3.8, 4) is 5.75 Å². The smallest absolute Gasteiger partial charge is 0.264 e. The van der Waals surface area contributed by atoms with Crippen LogP contribution < -0.4 is 14.4 Å². The molecule has 8 nitrogen and oxygen atoms in total. The molecule has 0 unspecified atom stereocenters. The molecule has 1 atom stereocenters. The molecule has 0 spiro atoms. The van der Waals surface area contributed by atoms with Gasteiger partial charge in [0.2, 0.25) is 11.8 Å². The maximum atomic E-state index is 13.9. The van der Waals surface area contributed by atoms with Gasteiger partial charge >= 0.3 is 0 Å². The minimum absolute atomic E-state index is 0.00162. The maximum absolute atomic E-state index is 13.9. The highest BCUT2D eigenvalue weighted by molar-refractivity contribution is 7.92. The number of ether oxygens (including phenoxy) is 1. The van der Waals surface area contributed by atoms with Crippen LogP contribution in [0, 0.1) is 6.92 Å². The molecule has 0 bridgehead atoms. The minimum atomic E-state index is -4.21. The summed E-state index contributed by atoms with van der Waals surface area (Å²) in [6, 6.07) is 16.9. The molecule has 3 rings (SSSR count). The summed E-state index contributed by atoms with van der Waals surface area (Å²) in [5.74, 6) is -0.702. The molecule has 3 aromatic carbocycles. The Morgan fingerprint density at radius 3 is 2.28 bits per heavy atom. The second-order valence-electron chi connectivity index (χ2n) is 8.84. The van der Waals surface area contributed by atoms with Gasteiger partial charge in [-0.15, -0.1) is 0 Å². The molecule has 11 heteroatoms. The van der Waals surface area contributed by atoms with E-state index in [1.54, 1.807) is 68.4 Å². The summed E-state index contributed by atoms with van der Waals surface area (Å²) in [5.41, 5.74) is 1.70. The number of benzene rings is 3. The molecule has 39 heavy (non-hydrogen) atoms. The predicted molar refractivity (Wildman–Crippen MR) is 154 cm³/mol. The topological polar surface area (TPSA) is 96.0 Å². The molecule has 2 amide bonds. The Hall–Kier alpha value is -3.27. The molecule has 0 aliphatic rings. The van der Waals surface area contributed by atoms with Crippen LogP contribution >= 0.6 is 23.2 Å². The molecule has 0 aromatic heterocycles. The summed E-state index contributed by atoms with van der Waals surface area (Å²) in [7, 11) is -2.79. The Labute approximate surface area is 239 Å². The van der Waals surface area contributed by atoms with Gasteiger partial charge < -0.3 is 15.0 Å². The first-order valence-corrected chi connectivity index (χ1v) is 14.4. The van der Waals surface area contributed by atoms with E-state index in [4.69, 9.17) is 27.9 Å². The molecule has 1 N–H and O–H groups in total. The monoisotopic (exact) mass is 591 g/mol. The fraction of sp³-hybridized carbons (Fsp3) is 0.286. The zero-order valence-corrected chi connectivity index (χ0v) is 24.5. The average molecular weight is 593 g/mol. The van der Waals surface area contributed by atoms with Crippen LogP contribution in [0.3, 0.4) is 0 Å². The van der Waals surface area contributed by atoms with Crippen molar-refractivity contribution in [2.75, 3.05) is 24.5 Å². The Morgan fingerprint density at radius 2 is 1.67 bits per heavy atom. The molecule has 0 saturated carbocycles. The lowest BCUT2D eigenvalue weighted by Gasteiger charge is -2.32. The van der Waals surface area contributed by atoms with Crippen LogP contribution in [0.15, 0.2) is 71.6 Å². The van der Waals surface area contributed by atoms with Gasteiger partial charge in [-0.05, 0) is 62.7 Å². The predicted octanol–water partition coefficient (Wildman–Crippen LogP) is 5.06. The number of carbonyl (C=O) groups is 2. The SMILES string of the molecule is CCNC(=O)[C@H](C)N(Cc1ccc(Cl)c(Cl)c1)C(=O)CN(c1ccccc1OC)S(=O)(=O)c1ccc(C)cc1. The summed E-state index contributed by atoms with van der Waals surface area (Å²) in [4.78, 5) is 28.0. The van der Waals surface area contributed by atoms with Gasteiger partial charge in [-0.1, -0.05) is 59.1 Å². The Balaban J connectivity index is 2.08. The van der Waals surface area contributed by atoms with Crippen molar-refractivity contribution in [1.82, 2.24) is 10.2 Å². The van der Waals surface area contributed by atoms with Crippen LogP contribution in [-0.2, 0) is 26.2 Å². The Kier molecular flexibility index (Phi) is 10.2. The van der Waals surface area contributed by atoms with Crippen LogP contribution in [0.1, 0.15) is 25.0 Å². The summed E-state index contributed by atoms with van der Waals surface area (Å²) in [6.07, 6.45) is 0. The number of para-hydroxylation sites is 2. The first kappa shape index (κ1) is 30.3. The van der Waals surface area contributed by atoms with E-state index >= 15 is 0 Å². The minimum Gasteiger partial charge on any atom is -0.495 e. The van der Waals surface area contributed by atoms with Gasteiger partial charge in [0.15, 0.2) is 0 Å². The summed E-state index contributed by atoms with van der Waals surface area (Å²) in [5, 5.41) is 3.36. The van der Waals surface area contributed by atoms with Crippen LogP contribution in [0.25, 0.3) is 0 Å². The number of sulfonamides is 1. The number of amides is 2. The Morgan fingerprint density at radius 1 is 1.00 bits per heavy atom. The fourth-order valence-electron chi connectivity index (χ4n) is 3.93. The third kappa shape index (κ3) is 7.23. The van der Waals surface area contributed by atoms with E-state index in [2.05, 4.69) is 5.32 Å². The highest BCUT2D eigenvalue weighted by Crippen LogP contribution is 2.33. The van der Waals surface area contributed by atoms with Crippen LogP contribution in [-0.4, -0.2) is 51.4 Å². The van der Waals surface area contributed by atoms with Crippen molar-refractivity contribution in [2.24, 2.45) is 0 Å². The van der Waals surface area contributed by atoms with Gasteiger partial charge in [0.05, 0.1) is 27.7 Å². The van der Waals surface area contributed by atoms with Crippen LogP contribution in [0.4, 0.5) is 5.69 Å². The summed E-state index contributed by atoms with van der Waals surface area (Å²) < 4.78 is 34.2. The lowest BCUT2D eigenvalue weighted by Crippen LogP contribution is -2.51. The number of rotatable bonds is 11. The normalized spacial score (nSPS) is 11.9. The molecule has 0 aliphatic carbocycles. The van der Waals surface area contributed by atoms with Crippen molar-refractivity contribution < 1.29 is 22.7 Å². The van der Waals surface area contributed by atoms with Gasteiger partial charge in [0.25, 0.3) is 10.0 Å². The summed E-state index contributed by atoms with van der Waals surface area (Å²) >= 11 is 12.2. The third-order valence-electron chi connectivity index (χ3n) is 6.10. The molecule has 208 valence electrons. The second-order valence-corrected chi connectivity index (χ2v) is 11.5. The van der Waals surface area contributed by atoms with Gasteiger partial charge in [0, 0.05) is 13.1 Å². The molecular weight excluding hydrogens is 561 g/mol. The molecule has 3 aromatic rings. The fourth-order valence-corrected chi connectivity index (χ4v) is 5.67. The number of carbonyl (C=O) groups excluding carboxylic acids is 2. The van der Waals surface area contributed by atoms with E-state index in [9.17, 15) is 18.0 Å². The molecule has 0 heterocycles. The molecule has 0 radical (unpaired) electrons. The first-order chi connectivity index (χ1) is 18.5. The van der Waals surface area contributed by atoms with Crippen molar-refractivity contribution in [2.45, 2.75) is 38.3 Å². The van der Waals surface area contributed by atoms with E-state index in [-0.39, 0.29) is 28.8 Å². The largest absolute Gasteiger partial charge is 0.495 e. The highest BCUT2D eigenvalue weighted by atomic mass is 35.5. The van der Waals surface area contributed by atoms with Crippen molar-refractivity contribution in [3.63, 3.8) is 0 Å². The standard InChI is InChI=1S/C28H31Cl2N3O5S/c1-5-31-28(35)20(3)32(17-21-12-15-23(29)24(30)16-21)27(34)18-33(25-8-6-7-9-26(25)38-4)39(36,37)22-13-10-19(2)11-14-22/h6-16,20H,5,17-18H2,1-4H3,(H,31,35)/t20-/m0/s1. The quantitative estimate of drug-likeness (QED) is 0.336. The average Bonchev–Trinajstić information content (AvgIpc) is 2.92. The number of aryl methyl sites for hydroxylation is 1. The van der Waals surface area contributed by atoms with E-state index in [0.29, 0.717) is 22.2 Å². The van der Waals surface area contributed by atoms with E-state index in [1.165, 1.54) is 24.1 Å². The van der Waals surface area contributed by atoms with Gasteiger partial charge in [-0.3, -0.25) is 13.9 Å². The zero-order chi connectivity index (χ0) is 28.7. The number of methoxy groups -OCH3 is 1. The number of hydrogen-bond donors (Lipinski definition) is 1. The maximum Gasteiger partial charge on any atom is 0.264 e. The Bertz CT molecular complexity index is 1430. The van der Waals surface area contributed by atoms with Gasteiger partial charge in [-0.25, -0.2) is 8.42 Å².